The predicted octanol–water partition coefficient (Wildman–Crippen LogP) is 2.94. The van der Waals surface area contributed by atoms with E-state index in [1.54, 1.807) is 0 Å². The van der Waals surface area contributed by atoms with E-state index in [0.717, 1.165) is 30.1 Å². The van der Waals surface area contributed by atoms with Crippen molar-refractivity contribution in [3.63, 3.8) is 0 Å². The molecule has 1 aromatic heterocycles. The Bertz CT molecular complexity index is 526. The third kappa shape index (κ3) is 4.07. The molecule has 1 aromatic carbocycles. The van der Waals surface area contributed by atoms with Crippen LogP contribution in [0.15, 0.2) is 42.5 Å². The van der Waals surface area contributed by atoms with Crippen LogP contribution in [0.25, 0.3) is 0 Å². The Labute approximate surface area is 114 Å². The fraction of sp³-hybridized carbons (Fsp3) is 0.312. The first-order valence-electron chi connectivity index (χ1n) is 6.63. The molecule has 0 bridgehead atoms. The van der Waals surface area contributed by atoms with E-state index in [1.165, 1.54) is 5.56 Å². The van der Waals surface area contributed by atoms with Crippen molar-refractivity contribution < 1.29 is 4.74 Å². The van der Waals surface area contributed by atoms with Gasteiger partial charge in [0.25, 0.3) is 0 Å². The first-order valence-corrected chi connectivity index (χ1v) is 6.63. The molecule has 0 saturated carbocycles. The van der Waals surface area contributed by atoms with Gasteiger partial charge in [0, 0.05) is 6.54 Å². The van der Waals surface area contributed by atoms with Crippen molar-refractivity contribution in [2.75, 3.05) is 7.05 Å². The van der Waals surface area contributed by atoms with Crippen molar-refractivity contribution >= 4 is 0 Å². The molecule has 3 heteroatoms. The van der Waals surface area contributed by atoms with Gasteiger partial charge in [-0.3, -0.25) is 4.98 Å². The van der Waals surface area contributed by atoms with Gasteiger partial charge in [0.2, 0.25) is 0 Å². The maximum absolute atomic E-state index is 5.78. The summed E-state index contributed by atoms with van der Waals surface area (Å²) in [4.78, 5) is 4.53. The summed E-state index contributed by atoms with van der Waals surface area (Å²) < 4.78 is 5.78. The molecular weight excluding hydrogens is 236 g/mol. The lowest BCUT2D eigenvalue weighted by molar-refractivity contribution is 0.300. The summed E-state index contributed by atoms with van der Waals surface area (Å²) >= 11 is 0. The van der Waals surface area contributed by atoms with Crippen molar-refractivity contribution in [1.29, 1.82) is 0 Å². The van der Waals surface area contributed by atoms with E-state index in [-0.39, 0.29) is 0 Å². The molecule has 2 aromatic rings. The quantitative estimate of drug-likeness (QED) is 0.863. The van der Waals surface area contributed by atoms with Crippen molar-refractivity contribution in [3.05, 3.63) is 59.4 Å². The van der Waals surface area contributed by atoms with Crippen LogP contribution in [0.2, 0.25) is 0 Å². The Morgan fingerprint density at radius 3 is 2.68 bits per heavy atom. The van der Waals surface area contributed by atoms with Gasteiger partial charge in [-0.25, -0.2) is 0 Å². The van der Waals surface area contributed by atoms with E-state index in [9.17, 15) is 0 Å². The molecule has 0 radical (unpaired) electrons. The van der Waals surface area contributed by atoms with Gasteiger partial charge in [-0.05, 0) is 43.3 Å². The van der Waals surface area contributed by atoms with Crippen molar-refractivity contribution in [2.45, 2.75) is 26.5 Å². The lowest BCUT2D eigenvalue weighted by Gasteiger charge is -2.08. The van der Waals surface area contributed by atoms with E-state index in [4.69, 9.17) is 4.74 Å². The third-order valence-electron chi connectivity index (χ3n) is 2.92. The molecule has 3 nitrogen and oxygen atoms in total. The average molecular weight is 256 g/mol. The minimum absolute atomic E-state index is 0.505. The molecule has 100 valence electrons. The van der Waals surface area contributed by atoms with Crippen LogP contribution in [-0.2, 0) is 19.6 Å². The van der Waals surface area contributed by atoms with E-state index in [0.29, 0.717) is 6.61 Å². The second-order valence-electron chi connectivity index (χ2n) is 4.44. The number of hydrogen-bond donors (Lipinski definition) is 1. The highest BCUT2D eigenvalue weighted by Gasteiger charge is 2.00. The average Bonchev–Trinajstić information content (AvgIpc) is 2.46. The first-order chi connectivity index (χ1) is 9.31. The van der Waals surface area contributed by atoms with Gasteiger partial charge >= 0.3 is 0 Å². The summed E-state index contributed by atoms with van der Waals surface area (Å²) in [6.45, 7) is 3.42. The summed E-state index contributed by atoms with van der Waals surface area (Å²) in [5, 5.41) is 3.10. The maximum Gasteiger partial charge on any atom is 0.130 e. The van der Waals surface area contributed by atoms with Crippen molar-refractivity contribution in [2.24, 2.45) is 0 Å². The van der Waals surface area contributed by atoms with Crippen molar-refractivity contribution in [1.82, 2.24) is 10.3 Å². The van der Waals surface area contributed by atoms with Crippen LogP contribution in [0.3, 0.4) is 0 Å². The molecule has 0 aliphatic carbocycles. The van der Waals surface area contributed by atoms with E-state index in [2.05, 4.69) is 29.4 Å². The molecule has 0 fully saturated rings. The summed E-state index contributed by atoms with van der Waals surface area (Å²) in [7, 11) is 1.92. The number of aryl methyl sites for hydroxylation is 1. The summed E-state index contributed by atoms with van der Waals surface area (Å²) in [5.74, 6) is 0.903. The number of pyridine rings is 1. The minimum Gasteiger partial charge on any atom is -0.487 e. The summed E-state index contributed by atoms with van der Waals surface area (Å²) in [6.07, 6.45) is 1.02. The highest BCUT2D eigenvalue weighted by molar-refractivity contribution is 5.28. The second-order valence-corrected chi connectivity index (χ2v) is 4.44. The zero-order valence-electron chi connectivity index (χ0n) is 11.5. The highest BCUT2D eigenvalue weighted by Crippen LogP contribution is 2.15. The maximum atomic E-state index is 5.78. The van der Waals surface area contributed by atoms with Crippen LogP contribution in [0.1, 0.15) is 23.9 Å². The highest BCUT2D eigenvalue weighted by atomic mass is 16.5. The predicted molar refractivity (Wildman–Crippen MR) is 77.2 cm³/mol. The number of nitrogens with one attached hydrogen (secondary N) is 1. The van der Waals surface area contributed by atoms with Crippen molar-refractivity contribution in [3.8, 4) is 5.75 Å². The fourth-order valence-electron chi connectivity index (χ4n) is 1.90. The molecule has 0 saturated heterocycles. The normalized spacial score (nSPS) is 10.4. The fourth-order valence-corrected chi connectivity index (χ4v) is 1.90. The zero-order valence-corrected chi connectivity index (χ0v) is 11.5. The van der Waals surface area contributed by atoms with Crippen LogP contribution in [0, 0.1) is 0 Å². The van der Waals surface area contributed by atoms with Gasteiger partial charge in [-0.1, -0.05) is 25.1 Å². The SMILES string of the molecule is CCc1cccc(OCc2cccc(CNC)n2)c1. The molecule has 0 aliphatic heterocycles. The Hall–Kier alpha value is -1.87. The monoisotopic (exact) mass is 256 g/mol. The molecule has 0 atom stereocenters. The smallest absolute Gasteiger partial charge is 0.130 e. The summed E-state index contributed by atoms with van der Waals surface area (Å²) in [6, 6.07) is 14.2. The zero-order chi connectivity index (χ0) is 13.5. The molecule has 1 N–H and O–H groups in total. The van der Waals surface area contributed by atoms with E-state index in [1.807, 2.05) is 37.4 Å². The number of nitrogens with zero attached hydrogens (tertiary/aromatic N) is 1. The number of aromatic nitrogens is 1. The molecular formula is C16H20N2O. The van der Waals surface area contributed by atoms with E-state index >= 15 is 0 Å². The van der Waals surface area contributed by atoms with Crippen LogP contribution >= 0.6 is 0 Å². The summed E-state index contributed by atoms with van der Waals surface area (Å²) in [5.41, 5.74) is 3.27. The third-order valence-corrected chi connectivity index (χ3v) is 2.92. The Morgan fingerprint density at radius 1 is 1.11 bits per heavy atom. The Balaban J connectivity index is 1.99. The second kappa shape index (κ2) is 6.90. The van der Waals surface area contributed by atoms with Crippen LogP contribution in [0.5, 0.6) is 5.75 Å². The number of benzene rings is 1. The molecule has 0 amide bonds. The van der Waals surface area contributed by atoms with Crippen LogP contribution < -0.4 is 10.1 Å². The molecule has 1 heterocycles. The lowest BCUT2D eigenvalue weighted by atomic mass is 10.2. The molecule has 2 rings (SSSR count). The van der Waals surface area contributed by atoms with Gasteiger partial charge in [-0.15, -0.1) is 0 Å². The van der Waals surface area contributed by atoms with Crippen LogP contribution in [-0.4, -0.2) is 12.0 Å². The standard InChI is InChI=1S/C16H20N2O/c1-3-13-6-4-9-16(10-13)19-12-15-8-5-7-14(18-15)11-17-2/h4-10,17H,3,11-12H2,1-2H3. The Kier molecular flexibility index (Phi) is 4.93. The number of hydrogen-bond acceptors (Lipinski definition) is 3. The van der Waals surface area contributed by atoms with Gasteiger partial charge < -0.3 is 10.1 Å². The Morgan fingerprint density at radius 2 is 1.89 bits per heavy atom. The lowest BCUT2D eigenvalue weighted by Crippen LogP contribution is -2.08. The molecule has 19 heavy (non-hydrogen) atoms. The first kappa shape index (κ1) is 13.6. The largest absolute Gasteiger partial charge is 0.487 e. The van der Waals surface area contributed by atoms with Gasteiger partial charge in [0.15, 0.2) is 0 Å². The number of rotatable bonds is 6. The van der Waals surface area contributed by atoms with Gasteiger partial charge in [0.05, 0.1) is 11.4 Å². The van der Waals surface area contributed by atoms with E-state index < -0.39 is 0 Å². The van der Waals surface area contributed by atoms with Gasteiger partial charge in [-0.2, -0.15) is 0 Å². The topological polar surface area (TPSA) is 34.1 Å². The minimum atomic E-state index is 0.505. The molecule has 0 aliphatic rings. The number of ether oxygens (including phenoxy) is 1. The van der Waals surface area contributed by atoms with Gasteiger partial charge in [0.1, 0.15) is 12.4 Å². The molecule has 0 spiro atoms. The molecule has 0 unspecified atom stereocenters. The van der Waals surface area contributed by atoms with Crippen LogP contribution in [0.4, 0.5) is 0 Å².